The van der Waals surface area contributed by atoms with Crippen LogP contribution in [0.4, 0.5) is 4.79 Å². The molecule has 0 aromatic heterocycles. The Morgan fingerprint density at radius 2 is 2.03 bits per heavy atom. The number of ether oxygens (including phenoxy) is 1. The first-order chi connectivity index (χ1) is 14.2. The number of amides is 1. The van der Waals surface area contributed by atoms with E-state index in [1.165, 1.54) is 6.21 Å². The summed E-state index contributed by atoms with van der Waals surface area (Å²) in [5.41, 5.74) is 1.03. The molecule has 7 heteroatoms. The van der Waals surface area contributed by atoms with Crippen LogP contribution in [0.15, 0.2) is 29.3 Å². The second-order valence-corrected chi connectivity index (χ2v) is 9.62. The van der Waals surface area contributed by atoms with E-state index >= 15 is 0 Å². The minimum Gasteiger partial charge on any atom is -0.444 e. The van der Waals surface area contributed by atoms with Gasteiger partial charge in [0.05, 0.1) is 19.2 Å². The highest BCUT2D eigenvalue weighted by Crippen LogP contribution is 2.50. The van der Waals surface area contributed by atoms with Crippen LogP contribution >= 0.6 is 11.6 Å². The van der Waals surface area contributed by atoms with E-state index in [1.54, 1.807) is 4.90 Å². The number of carbonyl (C=O) groups excluding carboxylic acids is 1. The first-order valence-electron chi connectivity index (χ1n) is 10.6. The van der Waals surface area contributed by atoms with E-state index < -0.39 is 5.60 Å². The summed E-state index contributed by atoms with van der Waals surface area (Å²) in [6, 6.07) is 7.53. The molecule has 0 spiro atoms. The van der Waals surface area contributed by atoms with Gasteiger partial charge in [-0.2, -0.15) is 0 Å². The van der Waals surface area contributed by atoms with E-state index in [0.717, 1.165) is 30.5 Å². The predicted molar refractivity (Wildman–Crippen MR) is 120 cm³/mol. The summed E-state index contributed by atoms with van der Waals surface area (Å²) in [6.45, 7) is 6.29. The number of piperidine rings is 1. The summed E-state index contributed by atoms with van der Waals surface area (Å²) in [5, 5.41) is 18.0. The van der Waals surface area contributed by atoms with Crippen molar-refractivity contribution < 1.29 is 14.6 Å². The standard InChI is InChI=1S/C23H32ClN3O3/c1-22(2,3)30-21(29)27-13-9-16(15-25)19(26-12-14-28)20(27)23(10-4-11-23)17-5-7-18(24)8-6-17/h5-8,15-16,20,25,28H,4,9-14H2,1-3H3. The number of halogens is 1. The maximum Gasteiger partial charge on any atom is 0.410 e. The fraction of sp³-hybridized carbons (Fsp3) is 0.609. The summed E-state index contributed by atoms with van der Waals surface area (Å²) in [7, 11) is 0. The van der Waals surface area contributed by atoms with E-state index in [0.29, 0.717) is 18.0 Å². The van der Waals surface area contributed by atoms with Crippen molar-refractivity contribution in [3.63, 3.8) is 0 Å². The fourth-order valence-electron chi connectivity index (χ4n) is 4.63. The third kappa shape index (κ3) is 4.54. The zero-order chi connectivity index (χ0) is 21.9. The van der Waals surface area contributed by atoms with Crippen LogP contribution in [-0.2, 0) is 10.2 Å². The van der Waals surface area contributed by atoms with Gasteiger partial charge in [0.25, 0.3) is 0 Å². The van der Waals surface area contributed by atoms with Crippen molar-refractivity contribution >= 4 is 29.6 Å². The van der Waals surface area contributed by atoms with E-state index in [4.69, 9.17) is 26.7 Å². The van der Waals surface area contributed by atoms with Crippen molar-refractivity contribution in [1.29, 1.82) is 5.41 Å². The highest BCUT2D eigenvalue weighted by atomic mass is 35.5. The maximum absolute atomic E-state index is 13.2. The lowest BCUT2D eigenvalue weighted by Gasteiger charge is -2.54. The van der Waals surface area contributed by atoms with Crippen LogP contribution in [0.1, 0.15) is 52.0 Å². The molecule has 1 saturated heterocycles. The molecule has 2 fully saturated rings. The van der Waals surface area contributed by atoms with Gasteiger partial charge in [-0.05, 0) is 57.7 Å². The number of likely N-dealkylation sites (tertiary alicyclic amines) is 1. The molecule has 164 valence electrons. The van der Waals surface area contributed by atoms with Crippen LogP contribution in [0.2, 0.25) is 5.02 Å². The van der Waals surface area contributed by atoms with Crippen molar-refractivity contribution in [1.82, 2.24) is 4.90 Å². The molecule has 2 unspecified atom stereocenters. The lowest BCUT2D eigenvalue weighted by Crippen LogP contribution is -2.64. The maximum atomic E-state index is 13.2. The van der Waals surface area contributed by atoms with Crippen LogP contribution < -0.4 is 0 Å². The van der Waals surface area contributed by atoms with E-state index in [2.05, 4.69) is 0 Å². The molecule has 0 radical (unpaired) electrons. The molecule has 2 aliphatic rings. The van der Waals surface area contributed by atoms with Gasteiger partial charge in [-0.15, -0.1) is 0 Å². The van der Waals surface area contributed by atoms with Gasteiger partial charge in [0.15, 0.2) is 0 Å². The Labute approximate surface area is 183 Å². The molecule has 1 aromatic rings. The van der Waals surface area contributed by atoms with Crippen LogP contribution in [-0.4, -0.2) is 59.4 Å². The highest BCUT2D eigenvalue weighted by molar-refractivity contribution is 6.30. The van der Waals surface area contributed by atoms with Crippen molar-refractivity contribution in [2.75, 3.05) is 19.7 Å². The first kappa shape index (κ1) is 22.8. The molecule has 1 heterocycles. The topological polar surface area (TPSA) is 86.0 Å². The number of aliphatic hydroxyl groups excluding tert-OH is 1. The molecule has 1 aliphatic heterocycles. The third-order valence-electron chi connectivity index (χ3n) is 6.06. The van der Waals surface area contributed by atoms with Gasteiger partial charge in [-0.1, -0.05) is 30.2 Å². The van der Waals surface area contributed by atoms with Gasteiger partial charge in [0.2, 0.25) is 0 Å². The number of aliphatic imine (C=N–C) groups is 1. The molecule has 2 N–H and O–H groups in total. The summed E-state index contributed by atoms with van der Waals surface area (Å²) in [6.07, 6.45) is 4.59. The largest absolute Gasteiger partial charge is 0.444 e. The molecule has 30 heavy (non-hydrogen) atoms. The van der Waals surface area contributed by atoms with Gasteiger partial charge >= 0.3 is 6.09 Å². The Kier molecular flexibility index (Phi) is 6.88. The van der Waals surface area contributed by atoms with Crippen molar-refractivity contribution in [2.45, 2.75) is 63.5 Å². The second kappa shape index (κ2) is 9.06. The van der Waals surface area contributed by atoms with Gasteiger partial charge < -0.3 is 15.3 Å². The molecule has 2 atom stereocenters. The SMILES string of the molecule is CC(C)(C)OC(=O)N1CCC(C=N)C(=NCCO)C1C1(c2ccc(Cl)cc2)CCC1. The van der Waals surface area contributed by atoms with Crippen molar-refractivity contribution in [2.24, 2.45) is 10.9 Å². The Balaban J connectivity index is 2.10. The third-order valence-corrected chi connectivity index (χ3v) is 6.32. The van der Waals surface area contributed by atoms with Crippen LogP contribution in [0.3, 0.4) is 0 Å². The number of aliphatic hydroxyl groups is 1. The molecule has 6 nitrogen and oxygen atoms in total. The van der Waals surface area contributed by atoms with Crippen LogP contribution in [0.25, 0.3) is 0 Å². The summed E-state index contributed by atoms with van der Waals surface area (Å²) < 4.78 is 5.75. The summed E-state index contributed by atoms with van der Waals surface area (Å²) in [4.78, 5) is 19.7. The van der Waals surface area contributed by atoms with E-state index in [9.17, 15) is 9.90 Å². The molecule has 1 saturated carbocycles. The normalized spacial score (nSPS) is 25.0. The number of benzene rings is 1. The van der Waals surface area contributed by atoms with E-state index in [-0.39, 0.29) is 36.6 Å². The van der Waals surface area contributed by atoms with Crippen molar-refractivity contribution in [3.05, 3.63) is 34.9 Å². The Morgan fingerprint density at radius 1 is 1.37 bits per heavy atom. The quantitative estimate of drug-likeness (QED) is 0.671. The number of rotatable bonds is 5. The van der Waals surface area contributed by atoms with Crippen LogP contribution in [0.5, 0.6) is 0 Å². The number of nitrogens with zero attached hydrogens (tertiary/aromatic N) is 2. The van der Waals surface area contributed by atoms with Gasteiger partial charge in [0.1, 0.15) is 5.60 Å². The second-order valence-electron chi connectivity index (χ2n) is 9.18. The minimum atomic E-state index is -0.602. The Morgan fingerprint density at radius 3 is 2.53 bits per heavy atom. The molecular weight excluding hydrogens is 402 g/mol. The predicted octanol–water partition coefficient (Wildman–Crippen LogP) is 4.47. The molecule has 1 aliphatic carbocycles. The highest BCUT2D eigenvalue weighted by Gasteiger charge is 2.54. The molecule has 1 amide bonds. The van der Waals surface area contributed by atoms with Gasteiger partial charge in [0, 0.05) is 34.8 Å². The summed E-state index contributed by atoms with van der Waals surface area (Å²) >= 11 is 6.14. The average Bonchev–Trinajstić information content (AvgIpc) is 2.65. The van der Waals surface area contributed by atoms with E-state index in [1.807, 2.05) is 45.0 Å². The first-order valence-corrected chi connectivity index (χ1v) is 11.0. The monoisotopic (exact) mass is 433 g/mol. The van der Waals surface area contributed by atoms with Crippen molar-refractivity contribution in [3.8, 4) is 0 Å². The number of carbonyl (C=O) groups is 1. The lowest BCUT2D eigenvalue weighted by molar-refractivity contribution is 0.00342. The lowest BCUT2D eigenvalue weighted by atomic mass is 9.57. The molecular formula is C23H32ClN3O3. The zero-order valence-corrected chi connectivity index (χ0v) is 18.8. The smallest absolute Gasteiger partial charge is 0.410 e. The average molecular weight is 434 g/mol. The zero-order valence-electron chi connectivity index (χ0n) is 18.0. The molecule has 0 bridgehead atoms. The number of hydrogen-bond acceptors (Lipinski definition) is 5. The molecule has 3 rings (SSSR count). The van der Waals surface area contributed by atoms with Crippen LogP contribution in [0, 0.1) is 11.3 Å². The Hall–Kier alpha value is -1.92. The minimum absolute atomic E-state index is 0.0681. The fourth-order valence-corrected chi connectivity index (χ4v) is 4.75. The number of nitrogens with one attached hydrogen (secondary N) is 1. The van der Waals surface area contributed by atoms with Gasteiger partial charge in [-0.25, -0.2) is 4.79 Å². The Bertz CT molecular complexity index is 797. The molecule has 1 aromatic carbocycles. The summed E-state index contributed by atoms with van der Waals surface area (Å²) in [5.74, 6) is -0.148. The van der Waals surface area contributed by atoms with Gasteiger partial charge in [-0.3, -0.25) is 9.89 Å². The number of hydrogen-bond donors (Lipinski definition) is 2.